The number of benzene rings is 1. The van der Waals surface area contributed by atoms with Crippen LogP contribution in [-0.4, -0.2) is 30.1 Å². The third-order valence-corrected chi connectivity index (χ3v) is 4.63. The number of ether oxygens (including phenoxy) is 2. The Morgan fingerprint density at radius 3 is 2.52 bits per heavy atom. The first-order valence-corrected chi connectivity index (χ1v) is 9.04. The summed E-state index contributed by atoms with van der Waals surface area (Å²) in [5.74, 6) is -0.567. The number of nitrogens with one attached hydrogen (secondary N) is 1. The normalized spacial score (nSPS) is 17.0. The maximum atomic E-state index is 12.0. The molecule has 1 saturated carbocycles. The number of rotatable bonds is 6. The van der Waals surface area contributed by atoms with E-state index in [1.165, 1.54) is 0 Å². The van der Waals surface area contributed by atoms with Gasteiger partial charge in [-0.3, -0.25) is 4.79 Å². The molecule has 2 rings (SSSR count). The van der Waals surface area contributed by atoms with Gasteiger partial charge in [0.25, 0.3) is 5.91 Å². The van der Waals surface area contributed by atoms with Crippen LogP contribution in [0.5, 0.6) is 5.75 Å². The van der Waals surface area contributed by atoms with Crippen LogP contribution in [-0.2, 0) is 14.3 Å². The molecule has 6 nitrogen and oxygen atoms in total. The second-order valence-electron chi connectivity index (χ2n) is 6.12. The maximum absolute atomic E-state index is 12.0. The molecule has 0 aromatic heterocycles. The number of halogens is 1. The highest BCUT2D eigenvalue weighted by molar-refractivity contribution is 9.10. The Morgan fingerprint density at radius 1 is 1.28 bits per heavy atom. The number of nitrogens with zero attached hydrogens (tertiary/aromatic N) is 1. The largest absolute Gasteiger partial charge is 0.479 e. The summed E-state index contributed by atoms with van der Waals surface area (Å²) in [6.07, 6.45) is 3.31. The summed E-state index contributed by atoms with van der Waals surface area (Å²) < 4.78 is 11.4. The minimum Gasteiger partial charge on any atom is -0.479 e. The van der Waals surface area contributed by atoms with Gasteiger partial charge in [0.2, 0.25) is 0 Å². The number of hydrogen-bond acceptors (Lipinski definition) is 5. The molecule has 0 aliphatic heterocycles. The first-order chi connectivity index (χ1) is 11.9. The van der Waals surface area contributed by atoms with Crippen LogP contribution in [0.4, 0.5) is 0 Å². The second-order valence-corrected chi connectivity index (χ2v) is 7.04. The van der Waals surface area contributed by atoms with Crippen molar-refractivity contribution in [2.24, 2.45) is 0 Å². The van der Waals surface area contributed by atoms with Crippen molar-refractivity contribution in [1.82, 2.24) is 5.32 Å². The van der Waals surface area contributed by atoms with Gasteiger partial charge in [0.05, 0.1) is 6.07 Å². The van der Waals surface area contributed by atoms with Gasteiger partial charge in [0.15, 0.2) is 12.7 Å². The van der Waals surface area contributed by atoms with Gasteiger partial charge in [0.1, 0.15) is 11.3 Å². The lowest BCUT2D eigenvalue weighted by atomic mass is 9.83. The smallest absolute Gasteiger partial charge is 0.347 e. The van der Waals surface area contributed by atoms with E-state index in [0.717, 1.165) is 23.7 Å². The van der Waals surface area contributed by atoms with Gasteiger partial charge >= 0.3 is 5.97 Å². The van der Waals surface area contributed by atoms with Crippen molar-refractivity contribution in [3.8, 4) is 11.8 Å². The number of carbonyl (C=O) groups is 2. The van der Waals surface area contributed by atoms with Gasteiger partial charge < -0.3 is 14.8 Å². The third-order valence-electron chi connectivity index (χ3n) is 4.10. The van der Waals surface area contributed by atoms with Crippen LogP contribution in [0.15, 0.2) is 28.7 Å². The molecule has 134 valence electrons. The van der Waals surface area contributed by atoms with E-state index in [2.05, 4.69) is 27.3 Å². The third kappa shape index (κ3) is 5.75. The molecule has 1 fully saturated rings. The van der Waals surface area contributed by atoms with Crippen molar-refractivity contribution in [3.05, 3.63) is 28.7 Å². The van der Waals surface area contributed by atoms with E-state index < -0.39 is 30.1 Å². The maximum Gasteiger partial charge on any atom is 0.347 e. The van der Waals surface area contributed by atoms with Crippen LogP contribution < -0.4 is 10.1 Å². The Bertz CT molecular complexity index is 648. The standard InChI is InChI=1S/C18H21BrN2O4/c1-13(25-15-7-5-14(19)6-8-15)17(23)24-11-16(22)21-18(12-20)9-3-2-4-10-18/h5-8,13H,2-4,9-11H2,1H3,(H,21,22)/t13-/m1/s1. The summed E-state index contributed by atoms with van der Waals surface area (Å²) >= 11 is 3.32. The summed E-state index contributed by atoms with van der Waals surface area (Å²) in [7, 11) is 0. The molecule has 1 atom stereocenters. The minimum atomic E-state index is -0.839. The van der Waals surface area contributed by atoms with Gasteiger partial charge in [-0.1, -0.05) is 35.2 Å². The topological polar surface area (TPSA) is 88.4 Å². The lowest BCUT2D eigenvalue weighted by Gasteiger charge is -2.31. The van der Waals surface area contributed by atoms with E-state index >= 15 is 0 Å². The Morgan fingerprint density at radius 2 is 1.92 bits per heavy atom. The van der Waals surface area contributed by atoms with E-state index in [1.54, 1.807) is 31.2 Å². The Kier molecular flexibility index (Phi) is 6.82. The molecule has 25 heavy (non-hydrogen) atoms. The average molecular weight is 409 g/mol. The molecule has 1 aliphatic carbocycles. The van der Waals surface area contributed by atoms with Gasteiger partial charge in [0, 0.05) is 4.47 Å². The number of esters is 1. The van der Waals surface area contributed by atoms with E-state index in [4.69, 9.17) is 9.47 Å². The fourth-order valence-electron chi connectivity index (χ4n) is 2.74. The first-order valence-electron chi connectivity index (χ1n) is 8.25. The zero-order valence-corrected chi connectivity index (χ0v) is 15.7. The van der Waals surface area contributed by atoms with Crippen LogP contribution in [0.1, 0.15) is 39.0 Å². The number of amides is 1. The van der Waals surface area contributed by atoms with Gasteiger partial charge in [-0.15, -0.1) is 0 Å². The molecule has 0 radical (unpaired) electrons. The van der Waals surface area contributed by atoms with Crippen molar-refractivity contribution >= 4 is 27.8 Å². The van der Waals surface area contributed by atoms with Crippen LogP contribution in [0.25, 0.3) is 0 Å². The van der Waals surface area contributed by atoms with Crippen molar-refractivity contribution in [3.63, 3.8) is 0 Å². The van der Waals surface area contributed by atoms with E-state index in [0.29, 0.717) is 18.6 Å². The van der Waals surface area contributed by atoms with Crippen LogP contribution >= 0.6 is 15.9 Å². The van der Waals surface area contributed by atoms with Crippen molar-refractivity contribution in [1.29, 1.82) is 5.26 Å². The van der Waals surface area contributed by atoms with Crippen LogP contribution in [0, 0.1) is 11.3 Å². The van der Waals surface area contributed by atoms with Gasteiger partial charge in [-0.25, -0.2) is 4.79 Å². The molecule has 1 aliphatic rings. The molecule has 0 bridgehead atoms. The molecule has 1 aromatic rings. The SMILES string of the molecule is C[C@@H](Oc1ccc(Br)cc1)C(=O)OCC(=O)NC1(C#N)CCCCC1. The van der Waals surface area contributed by atoms with Gasteiger partial charge in [-0.05, 0) is 44.0 Å². The molecule has 7 heteroatoms. The molecule has 0 unspecified atom stereocenters. The summed E-state index contributed by atoms with van der Waals surface area (Å²) in [4.78, 5) is 24.0. The van der Waals surface area contributed by atoms with Crippen molar-refractivity contribution in [2.45, 2.75) is 50.7 Å². The molecule has 1 amide bonds. The number of nitriles is 1. The summed E-state index contributed by atoms with van der Waals surface area (Å²) in [6, 6.07) is 9.24. The monoisotopic (exact) mass is 408 g/mol. The minimum absolute atomic E-state index is 0.420. The highest BCUT2D eigenvalue weighted by Crippen LogP contribution is 2.27. The predicted molar refractivity (Wildman–Crippen MR) is 94.8 cm³/mol. The molecule has 1 aromatic carbocycles. The van der Waals surface area contributed by atoms with E-state index in [9.17, 15) is 14.9 Å². The highest BCUT2D eigenvalue weighted by atomic mass is 79.9. The van der Waals surface area contributed by atoms with Crippen molar-refractivity contribution in [2.75, 3.05) is 6.61 Å². The quantitative estimate of drug-likeness (QED) is 0.730. The number of hydrogen-bond donors (Lipinski definition) is 1. The fourth-order valence-corrected chi connectivity index (χ4v) is 3.01. The molecule has 0 heterocycles. The summed E-state index contributed by atoms with van der Waals surface area (Å²) in [6.45, 7) is 1.14. The van der Waals surface area contributed by atoms with E-state index in [1.807, 2.05) is 0 Å². The Labute approximate surface area is 155 Å². The molecule has 0 saturated heterocycles. The number of carbonyl (C=O) groups excluding carboxylic acids is 2. The Balaban J connectivity index is 1.79. The highest BCUT2D eigenvalue weighted by Gasteiger charge is 2.33. The van der Waals surface area contributed by atoms with Crippen LogP contribution in [0.3, 0.4) is 0 Å². The predicted octanol–water partition coefficient (Wildman–Crippen LogP) is 3.10. The molecule has 1 N–H and O–H groups in total. The average Bonchev–Trinajstić information content (AvgIpc) is 2.62. The second kappa shape index (κ2) is 8.86. The molecule has 0 spiro atoms. The summed E-state index contributed by atoms with van der Waals surface area (Å²) in [5.41, 5.74) is -0.832. The zero-order chi connectivity index (χ0) is 18.3. The Hall–Kier alpha value is -2.07. The lowest BCUT2D eigenvalue weighted by Crippen LogP contribution is -2.50. The van der Waals surface area contributed by atoms with Gasteiger partial charge in [-0.2, -0.15) is 5.26 Å². The zero-order valence-electron chi connectivity index (χ0n) is 14.1. The molecular formula is C18H21BrN2O4. The van der Waals surface area contributed by atoms with Crippen molar-refractivity contribution < 1.29 is 19.1 Å². The molecular weight excluding hydrogens is 388 g/mol. The summed E-state index contributed by atoms with van der Waals surface area (Å²) in [5, 5.41) is 12.1. The van der Waals surface area contributed by atoms with Crippen LogP contribution in [0.2, 0.25) is 0 Å². The lowest BCUT2D eigenvalue weighted by molar-refractivity contribution is -0.155. The van der Waals surface area contributed by atoms with E-state index in [-0.39, 0.29) is 0 Å². The fraction of sp³-hybridized carbons (Fsp3) is 0.500. The first kappa shape index (κ1) is 19.3.